The Bertz CT molecular complexity index is 517. The second-order valence-corrected chi connectivity index (χ2v) is 4.82. The number of nitrogens with zero attached hydrogens (tertiary/aromatic N) is 3. The van der Waals surface area contributed by atoms with Gasteiger partial charge in [-0.3, -0.25) is 4.68 Å². The SMILES string of the molecule is O=S(=O)(NCCn1cccn1)c1cnc[nH]1. The second-order valence-electron chi connectivity index (χ2n) is 3.08. The van der Waals surface area contributed by atoms with Crippen molar-refractivity contribution in [1.82, 2.24) is 24.5 Å². The molecule has 0 aliphatic carbocycles. The fourth-order valence-electron chi connectivity index (χ4n) is 1.20. The van der Waals surface area contributed by atoms with Crippen LogP contribution in [0.1, 0.15) is 0 Å². The average molecular weight is 241 g/mol. The molecule has 0 aromatic carbocycles. The maximum Gasteiger partial charge on any atom is 0.257 e. The fourth-order valence-corrected chi connectivity index (χ4v) is 2.12. The summed E-state index contributed by atoms with van der Waals surface area (Å²) in [5, 5.41) is 4.02. The molecule has 8 heteroatoms. The van der Waals surface area contributed by atoms with E-state index in [0.29, 0.717) is 6.54 Å². The lowest BCUT2D eigenvalue weighted by molar-refractivity contribution is 0.558. The van der Waals surface area contributed by atoms with Crippen molar-refractivity contribution in [2.45, 2.75) is 11.6 Å². The van der Waals surface area contributed by atoms with Gasteiger partial charge in [0.1, 0.15) is 0 Å². The first-order valence-electron chi connectivity index (χ1n) is 4.64. The monoisotopic (exact) mass is 241 g/mol. The standard InChI is InChI=1S/C8H11N5O2S/c14-16(15,8-6-9-7-10-8)12-3-5-13-4-1-2-11-13/h1-2,4,6-7,12H,3,5H2,(H,9,10). The summed E-state index contributed by atoms with van der Waals surface area (Å²) in [6.07, 6.45) is 5.99. The molecule has 0 atom stereocenters. The first-order chi connectivity index (χ1) is 7.68. The number of aromatic nitrogens is 4. The summed E-state index contributed by atoms with van der Waals surface area (Å²) in [7, 11) is -3.48. The van der Waals surface area contributed by atoms with Gasteiger partial charge >= 0.3 is 0 Å². The predicted octanol–water partition coefficient (Wildman–Crippen LogP) is -0.415. The average Bonchev–Trinajstić information content (AvgIpc) is 2.90. The lowest BCUT2D eigenvalue weighted by Gasteiger charge is -2.04. The maximum atomic E-state index is 11.6. The van der Waals surface area contributed by atoms with E-state index in [9.17, 15) is 8.42 Å². The van der Waals surface area contributed by atoms with E-state index in [1.54, 1.807) is 23.1 Å². The zero-order valence-electron chi connectivity index (χ0n) is 8.37. The Kier molecular flexibility index (Phi) is 3.02. The zero-order chi connectivity index (χ0) is 11.4. The Morgan fingerprint density at radius 3 is 3.00 bits per heavy atom. The molecule has 0 aliphatic rings. The molecule has 0 amide bonds. The number of sulfonamides is 1. The van der Waals surface area contributed by atoms with Crippen LogP contribution in [0.5, 0.6) is 0 Å². The quantitative estimate of drug-likeness (QED) is 0.744. The normalized spacial score (nSPS) is 11.8. The highest BCUT2D eigenvalue weighted by Gasteiger charge is 2.14. The van der Waals surface area contributed by atoms with Gasteiger partial charge < -0.3 is 4.98 Å². The van der Waals surface area contributed by atoms with E-state index in [4.69, 9.17) is 0 Å². The molecule has 0 bridgehead atoms. The highest BCUT2D eigenvalue weighted by molar-refractivity contribution is 7.89. The Labute approximate surface area is 92.6 Å². The van der Waals surface area contributed by atoms with Crippen LogP contribution in [-0.2, 0) is 16.6 Å². The molecule has 2 N–H and O–H groups in total. The molecule has 0 saturated carbocycles. The summed E-state index contributed by atoms with van der Waals surface area (Å²) in [5.74, 6) is 0. The third-order valence-electron chi connectivity index (χ3n) is 1.95. The van der Waals surface area contributed by atoms with Crippen molar-refractivity contribution in [3.8, 4) is 0 Å². The van der Waals surface area contributed by atoms with Crippen molar-refractivity contribution in [3.63, 3.8) is 0 Å². The van der Waals surface area contributed by atoms with Crippen molar-refractivity contribution in [2.75, 3.05) is 6.54 Å². The summed E-state index contributed by atoms with van der Waals surface area (Å²) < 4.78 is 27.3. The molecule has 0 fully saturated rings. The smallest absolute Gasteiger partial charge is 0.257 e. The Balaban J connectivity index is 1.91. The molecule has 2 aromatic heterocycles. The summed E-state index contributed by atoms with van der Waals surface area (Å²) in [6.45, 7) is 0.767. The van der Waals surface area contributed by atoms with Crippen molar-refractivity contribution in [1.29, 1.82) is 0 Å². The third kappa shape index (κ3) is 2.47. The minimum absolute atomic E-state index is 0.0629. The van der Waals surface area contributed by atoms with E-state index >= 15 is 0 Å². The molecule has 7 nitrogen and oxygen atoms in total. The van der Waals surface area contributed by atoms with Gasteiger partial charge in [0.2, 0.25) is 0 Å². The Morgan fingerprint density at radius 1 is 1.50 bits per heavy atom. The van der Waals surface area contributed by atoms with Crippen molar-refractivity contribution in [2.24, 2.45) is 0 Å². The molecule has 0 aliphatic heterocycles. The number of hydrogen-bond donors (Lipinski definition) is 2. The Morgan fingerprint density at radius 2 is 2.38 bits per heavy atom. The summed E-state index contributed by atoms with van der Waals surface area (Å²) in [4.78, 5) is 6.19. The van der Waals surface area contributed by atoms with Gasteiger partial charge in [-0.25, -0.2) is 18.1 Å². The molecule has 2 heterocycles. The maximum absolute atomic E-state index is 11.6. The van der Waals surface area contributed by atoms with Gasteiger partial charge in [-0.1, -0.05) is 0 Å². The van der Waals surface area contributed by atoms with E-state index in [1.807, 2.05) is 0 Å². The van der Waals surface area contributed by atoms with Crippen LogP contribution in [0, 0.1) is 0 Å². The van der Waals surface area contributed by atoms with Gasteiger partial charge in [0.15, 0.2) is 5.03 Å². The molecule has 2 rings (SSSR count). The fraction of sp³-hybridized carbons (Fsp3) is 0.250. The van der Waals surface area contributed by atoms with E-state index in [1.165, 1.54) is 12.5 Å². The molecule has 86 valence electrons. The van der Waals surface area contributed by atoms with Gasteiger partial charge in [-0.15, -0.1) is 0 Å². The number of nitrogens with one attached hydrogen (secondary N) is 2. The number of rotatable bonds is 5. The number of aromatic amines is 1. The largest absolute Gasteiger partial charge is 0.335 e. The van der Waals surface area contributed by atoms with E-state index in [0.717, 1.165) is 0 Å². The highest BCUT2D eigenvalue weighted by Crippen LogP contribution is 2.00. The van der Waals surface area contributed by atoms with Crippen LogP contribution in [0.2, 0.25) is 0 Å². The first-order valence-corrected chi connectivity index (χ1v) is 6.12. The minimum atomic E-state index is -3.48. The molecular weight excluding hydrogens is 230 g/mol. The summed E-state index contributed by atoms with van der Waals surface area (Å²) >= 11 is 0. The topological polar surface area (TPSA) is 92.7 Å². The summed E-state index contributed by atoms with van der Waals surface area (Å²) in [5.41, 5.74) is 0. The van der Waals surface area contributed by atoms with Crippen molar-refractivity contribution < 1.29 is 8.42 Å². The van der Waals surface area contributed by atoms with Crippen LogP contribution in [0.25, 0.3) is 0 Å². The predicted molar refractivity (Wildman–Crippen MR) is 56.0 cm³/mol. The Hall–Kier alpha value is -1.67. The van der Waals surface area contributed by atoms with Crippen LogP contribution in [0.4, 0.5) is 0 Å². The van der Waals surface area contributed by atoms with Gasteiger partial charge in [-0.2, -0.15) is 5.10 Å². The molecule has 0 saturated heterocycles. The molecule has 2 aromatic rings. The van der Waals surface area contributed by atoms with Crippen LogP contribution in [0.3, 0.4) is 0 Å². The molecule has 0 spiro atoms. The third-order valence-corrected chi connectivity index (χ3v) is 3.34. The lowest BCUT2D eigenvalue weighted by atomic mass is 10.6. The number of hydrogen-bond acceptors (Lipinski definition) is 4. The van der Waals surface area contributed by atoms with Gasteiger partial charge in [0.05, 0.1) is 19.1 Å². The lowest BCUT2D eigenvalue weighted by Crippen LogP contribution is -2.27. The van der Waals surface area contributed by atoms with Crippen LogP contribution in [-0.4, -0.2) is 34.7 Å². The van der Waals surface area contributed by atoms with Gasteiger partial charge in [0.25, 0.3) is 10.0 Å². The highest BCUT2D eigenvalue weighted by atomic mass is 32.2. The van der Waals surface area contributed by atoms with Gasteiger partial charge in [-0.05, 0) is 6.07 Å². The van der Waals surface area contributed by atoms with Crippen molar-refractivity contribution in [3.05, 3.63) is 31.0 Å². The van der Waals surface area contributed by atoms with E-state index < -0.39 is 10.0 Å². The molecule has 0 unspecified atom stereocenters. The van der Waals surface area contributed by atoms with Crippen molar-refractivity contribution >= 4 is 10.0 Å². The minimum Gasteiger partial charge on any atom is -0.335 e. The van der Waals surface area contributed by atoms with Crippen LogP contribution < -0.4 is 4.72 Å². The van der Waals surface area contributed by atoms with Crippen LogP contribution in [0.15, 0.2) is 36.0 Å². The van der Waals surface area contributed by atoms with Crippen LogP contribution >= 0.6 is 0 Å². The van der Waals surface area contributed by atoms with E-state index in [-0.39, 0.29) is 11.6 Å². The van der Waals surface area contributed by atoms with Gasteiger partial charge in [0, 0.05) is 18.9 Å². The molecule has 0 radical (unpaired) electrons. The first kappa shape index (κ1) is 10.8. The van der Waals surface area contributed by atoms with E-state index in [2.05, 4.69) is 19.8 Å². The summed E-state index contributed by atoms with van der Waals surface area (Å²) in [6, 6.07) is 1.78. The number of H-pyrrole nitrogens is 1. The molecular formula is C8H11N5O2S. The number of imidazole rings is 1. The zero-order valence-corrected chi connectivity index (χ0v) is 9.18. The second kappa shape index (κ2) is 4.45. The molecule has 16 heavy (non-hydrogen) atoms.